The third-order valence-electron chi connectivity index (χ3n) is 2.52. The first-order valence-electron chi connectivity index (χ1n) is 5.06. The van der Waals surface area contributed by atoms with Gasteiger partial charge in [-0.25, -0.2) is 4.39 Å². The minimum absolute atomic E-state index is 0.174. The Morgan fingerprint density at radius 3 is 2.80 bits per heavy atom. The monoisotopic (exact) mass is 206 g/mol. The summed E-state index contributed by atoms with van der Waals surface area (Å²) in [6, 6.07) is 6.92. The van der Waals surface area contributed by atoms with Crippen molar-refractivity contribution in [1.82, 2.24) is 9.47 Å². The van der Waals surface area contributed by atoms with E-state index < -0.39 is 0 Å². The molecule has 0 aliphatic carbocycles. The molecule has 1 aromatic carbocycles. The van der Waals surface area contributed by atoms with E-state index in [0.29, 0.717) is 0 Å². The van der Waals surface area contributed by atoms with E-state index in [1.807, 2.05) is 32.4 Å². The molecule has 1 aromatic heterocycles. The van der Waals surface area contributed by atoms with Crippen LogP contribution < -0.4 is 0 Å². The van der Waals surface area contributed by atoms with Gasteiger partial charge in [-0.1, -0.05) is 0 Å². The molecular formula is C12H15FN2. The second-order valence-electron chi connectivity index (χ2n) is 4.02. The Morgan fingerprint density at radius 2 is 2.07 bits per heavy atom. The van der Waals surface area contributed by atoms with Crippen LogP contribution in [0.1, 0.15) is 0 Å². The smallest absolute Gasteiger partial charge is 0.125 e. The van der Waals surface area contributed by atoms with Crippen molar-refractivity contribution in [1.29, 1.82) is 0 Å². The van der Waals surface area contributed by atoms with Gasteiger partial charge in [0, 0.05) is 19.3 Å². The van der Waals surface area contributed by atoms with E-state index in [1.165, 1.54) is 6.07 Å². The molecule has 0 aliphatic rings. The third kappa shape index (κ3) is 2.18. The molecule has 2 rings (SSSR count). The summed E-state index contributed by atoms with van der Waals surface area (Å²) in [6.07, 6.45) is 2.01. The average molecular weight is 206 g/mol. The maximum atomic E-state index is 13.1. The Kier molecular flexibility index (Phi) is 2.73. The van der Waals surface area contributed by atoms with Gasteiger partial charge in [-0.2, -0.15) is 0 Å². The molecule has 0 fully saturated rings. The summed E-state index contributed by atoms with van der Waals surface area (Å²) >= 11 is 0. The van der Waals surface area contributed by atoms with Crippen molar-refractivity contribution in [2.45, 2.75) is 6.54 Å². The molecule has 2 aromatic rings. The van der Waals surface area contributed by atoms with Crippen LogP contribution in [-0.2, 0) is 6.54 Å². The Morgan fingerprint density at radius 1 is 1.27 bits per heavy atom. The summed E-state index contributed by atoms with van der Waals surface area (Å²) in [4.78, 5) is 2.12. The number of halogens is 1. The zero-order valence-corrected chi connectivity index (χ0v) is 9.07. The molecule has 0 radical (unpaired) electrons. The lowest BCUT2D eigenvalue weighted by atomic mass is 10.2. The number of aromatic nitrogens is 1. The zero-order valence-electron chi connectivity index (χ0n) is 9.07. The molecule has 80 valence electrons. The van der Waals surface area contributed by atoms with Gasteiger partial charge in [0.1, 0.15) is 5.82 Å². The van der Waals surface area contributed by atoms with Crippen molar-refractivity contribution in [2.24, 2.45) is 0 Å². The molecule has 1 heterocycles. The quantitative estimate of drug-likeness (QED) is 0.748. The second kappa shape index (κ2) is 4.03. The van der Waals surface area contributed by atoms with Gasteiger partial charge < -0.3 is 9.47 Å². The molecule has 15 heavy (non-hydrogen) atoms. The molecule has 2 nitrogen and oxygen atoms in total. The maximum absolute atomic E-state index is 13.1. The van der Waals surface area contributed by atoms with E-state index in [9.17, 15) is 4.39 Å². The number of nitrogens with zero attached hydrogens (tertiary/aromatic N) is 2. The third-order valence-corrected chi connectivity index (χ3v) is 2.52. The lowest BCUT2D eigenvalue weighted by Gasteiger charge is -2.11. The van der Waals surface area contributed by atoms with E-state index in [2.05, 4.69) is 9.47 Å². The first kappa shape index (κ1) is 10.2. The van der Waals surface area contributed by atoms with E-state index >= 15 is 0 Å². The molecular weight excluding hydrogens is 191 g/mol. The topological polar surface area (TPSA) is 8.17 Å². The number of hydrogen-bond acceptors (Lipinski definition) is 1. The molecule has 0 saturated carbocycles. The van der Waals surface area contributed by atoms with Crippen molar-refractivity contribution in [2.75, 3.05) is 20.6 Å². The fourth-order valence-electron chi connectivity index (χ4n) is 1.66. The number of rotatable bonds is 3. The molecule has 0 spiro atoms. The van der Waals surface area contributed by atoms with Gasteiger partial charge in [-0.3, -0.25) is 0 Å². The molecule has 0 saturated heterocycles. The molecule has 0 aliphatic heterocycles. The maximum Gasteiger partial charge on any atom is 0.125 e. The highest BCUT2D eigenvalue weighted by Crippen LogP contribution is 2.16. The number of fused-ring (bicyclic) bond motifs is 1. The highest BCUT2D eigenvalue weighted by atomic mass is 19.1. The van der Waals surface area contributed by atoms with Gasteiger partial charge in [-0.15, -0.1) is 0 Å². The molecule has 0 unspecified atom stereocenters. The Bertz CT molecular complexity index is 460. The van der Waals surface area contributed by atoms with Crippen LogP contribution in [-0.4, -0.2) is 30.1 Å². The Balaban J connectivity index is 2.31. The van der Waals surface area contributed by atoms with Crippen molar-refractivity contribution < 1.29 is 4.39 Å². The molecule has 0 bridgehead atoms. The molecule has 0 N–H and O–H groups in total. The first-order chi connectivity index (χ1) is 7.16. The average Bonchev–Trinajstić information content (AvgIpc) is 2.57. The second-order valence-corrected chi connectivity index (χ2v) is 4.02. The number of hydrogen-bond donors (Lipinski definition) is 0. The summed E-state index contributed by atoms with van der Waals surface area (Å²) in [7, 11) is 4.07. The van der Waals surface area contributed by atoms with Crippen LogP contribution in [0.4, 0.5) is 4.39 Å². The Labute approximate surface area is 88.9 Å². The van der Waals surface area contributed by atoms with E-state index in [1.54, 1.807) is 6.07 Å². The highest BCUT2D eigenvalue weighted by molar-refractivity contribution is 5.80. The minimum atomic E-state index is -0.174. The van der Waals surface area contributed by atoms with Gasteiger partial charge >= 0.3 is 0 Å². The largest absolute Gasteiger partial charge is 0.346 e. The fraction of sp³-hybridized carbons (Fsp3) is 0.333. The van der Waals surface area contributed by atoms with Gasteiger partial charge in [0.05, 0.1) is 5.52 Å². The summed E-state index contributed by atoms with van der Waals surface area (Å²) in [5.74, 6) is -0.174. The van der Waals surface area contributed by atoms with Crippen molar-refractivity contribution in [3.63, 3.8) is 0 Å². The Hall–Kier alpha value is -1.35. The van der Waals surface area contributed by atoms with E-state index in [4.69, 9.17) is 0 Å². The molecule has 3 heteroatoms. The van der Waals surface area contributed by atoms with Crippen molar-refractivity contribution >= 4 is 10.9 Å². The summed E-state index contributed by atoms with van der Waals surface area (Å²) < 4.78 is 15.2. The summed E-state index contributed by atoms with van der Waals surface area (Å²) in [6.45, 7) is 1.85. The fourth-order valence-corrected chi connectivity index (χ4v) is 1.66. The standard InChI is InChI=1S/C12H15FN2/c1-14(2)7-8-15-6-5-10-3-4-11(13)9-12(10)15/h3-6,9H,7-8H2,1-2H3. The molecule has 0 atom stereocenters. The molecule has 0 amide bonds. The van der Waals surface area contributed by atoms with Crippen LogP contribution in [0.25, 0.3) is 10.9 Å². The first-order valence-corrected chi connectivity index (χ1v) is 5.06. The van der Waals surface area contributed by atoms with E-state index in [0.717, 1.165) is 24.0 Å². The number of benzene rings is 1. The summed E-state index contributed by atoms with van der Waals surface area (Å²) in [5.41, 5.74) is 0.969. The zero-order chi connectivity index (χ0) is 10.8. The van der Waals surface area contributed by atoms with Crippen LogP contribution >= 0.6 is 0 Å². The van der Waals surface area contributed by atoms with Crippen LogP contribution in [0.15, 0.2) is 30.5 Å². The van der Waals surface area contributed by atoms with Gasteiger partial charge in [0.25, 0.3) is 0 Å². The lowest BCUT2D eigenvalue weighted by molar-refractivity contribution is 0.387. The predicted molar refractivity (Wildman–Crippen MR) is 60.5 cm³/mol. The van der Waals surface area contributed by atoms with Crippen molar-refractivity contribution in [3.8, 4) is 0 Å². The summed E-state index contributed by atoms with van der Waals surface area (Å²) in [5, 5.41) is 1.09. The predicted octanol–water partition coefficient (Wildman–Crippen LogP) is 2.34. The van der Waals surface area contributed by atoms with Gasteiger partial charge in [0.15, 0.2) is 0 Å². The van der Waals surface area contributed by atoms with Crippen LogP contribution in [0.5, 0.6) is 0 Å². The van der Waals surface area contributed by atoms with Crippen LogP contribution in [0.3, 0.4) is 0 Å². The number of likely N-dealkylation sites (N-methyl/N-ethyl adjacent to an activating group) is 1. The normalized spacial score (nSPS) is 11.5. The highest BCUT2D eigenvalue weighted by Gasteiger charge is 2.02. The van der Waals surface area contributed by atoms with Gasteiger partial charge in [-0.05, 0) is 43.7 Å². The van der Waals surface area contributed by atoms with E-state index in [-0.39, 0.29) is 5.82 Å². The van der Waals surface area contributed by atoms with Crippen LogP contribution in [0.2, 0.25) is 0 Å². The van der Waals surface area contributed by atoms with Crippen LogP contribution in [0, 0.1) is 5.82 Å². The SMILES string of the molecule is CN(C)CCn1ccc2ccc(F)cc21. The lowest BCUT2D eigenvalue weighted by Crippen LogP contribution is -2.17. The van der Waals surface area contributed by atoms with Crippen molar-refractivity contribution in [3.05, 3.63) is 36.3 Å². The minimum Gasteiger partial charge on any atom is -0.346 e. The van der Waals surface area contributed by atoms with Gasteiger partial charge in [0.2, 0.25) is 0 Å².